The Labute approximate surface area is 112 Å². The lowest BCUT2D eigenvalue weighted by atomic mass is 10.2. The van der Waals surface area contributed by atoms with Crippen molar-refractivity contribution in [3.8, 4) is 5.75 Å². The van der Waals surface area contributed by atoms with Gasteiger partial charge in [0.15, 0.2) is 0 Å². The van der Waals surface area contributed by atoms with Crippen LogP contribution < -0.4 is 4.74 Å². The molecule has 1 aromatic carbocycles. The van der Waals surface area contributed by atoms with E-state index in [2.05, 4.69) is 45.4 Å². The molecule has 3 aromatic rings. The highest BCUT2D eigenvalue weighted by Crippen LogP contribution is 2.22. The molecule has 0 radical (unpaired) electrons. The highest BCUT2D eigenvalue weighted by Gasteiger charge is 2.06. The number of imidazole rings is 1. The minimum atomic E-state index is 0.788. The number of rotatable bonds is 4. The molecular weight excluding hydrogens is 238 g/mol. The van der Waals surface area contributed by atoms with Crippen molar-refractivity contribution >= 4 is 10.9 Å². The zero-order chi connectivity index (χ0) is 13.2. The molecule has 0 amide bonds. The number of aromatic nitrogens is 3. The van der Waals surface area contributed by atoms with Gasteiger partial charge in [0.25, 0.3) is 0 Å². The van der Waals surface area contributed by atoms with Crippen LogP contribution in [0.4, 0.5) is 0 Å². The second kappa shape index (κ2) is 4.80. The molecule has 0 saturated heterocycles. The first kappa shape index (κ1) is 11.8. The average Bonchev–Trinajstić information content (AvgIpc) is 3.05. The molecule has 0 unspecified atom stereocenters. The van der Waals surface area contributed by atoms with E-state index < -0.39 is 0 Å². The fourth-order valence-corrected chi connectivity index (χ4v) is 2.38. The molecule has 3 rings (SSSR count). The van der Waals surface area contributed by atoms with Crippen molar-refractivity contribution in [2.24, 2.45) is 0 Å². The van der Waals surface area contributed by atoms with Gasteiger partial charge < -0.3 is 13.9 Å². The molecule has 0 bridgehead atoms. The van der Waals surface area contributed by atoms with Gasteiger partial charge in [0.2, 0.25) is 0 Å². The second-order valence-corrected chi connectivity index (χ2v) is 4.50. The van der Waals surface area contributed by atoms with Gasteiger partial charge in [-0.25, -0.2) is 4.98 Å². The first-order chi connectivity index (χ1) is 9.31. The lowest BCUT2D eigenvalue weighted by Gasteiger charge is -2.08. The molecule has 0 N–H and O–H groups in total. The summed E-state index contributed by atoms with van der Waals surface area (Å²) in [6, 6.07) is 8.24. The lowest BCUT2D eigenvalue weighted by molar-refractivity contribution is 0.415. The fraction of sp³-hybridized carbons (Fsp3) is 0.267. The van der Waals surface area contributed by atoms with Crippen LogP contribution in [-0.2, 0) is 13.1 Å². The summed E-state index contributed by atoms with van der Waals surface area (Å²) in [5.74, 6) is 1.97. The van der Waals surface area contributed by atoms with Crippen LogP contribution in [0.1, 0.15) is 12.7 Å². The van der Waals surface area contributed by atoms with Gasteiger partial charge in [-0.1, -0.05) is 0 Å². The van der Waals surface area contributed by atoms with Crippen LogP contribution in [0.5, 0.6) is 5.75 Å². The fourth-order valence-electron chi connectivity index (χ4n) is 2.38. The molecule has 2 aromatic heterocycles. The summed E-state index contributed by atoms with van der Waals surface area (Å²) in [5.41, 5.74) is 1.20. The van der Waals surface area contributed by atoms with Crippen molar-refractivity contribution in [3.05, 3.63) is 48.7 Å². The number of hydrogen-bond acceptors (Lipinski definition) is 2. The molecule has 4 nitrogen and oxygen atoms in total. The molecule has 0 saturated carbocycles. The minimum absolute atomic E-state index is 0.788. The Morgan fingerprint density at radius 3 is 2.84 bits per heavy atom. The Hall–Kier alpha value is -2.23. The lowest BCUT2D eigenvalue weighted by Crippen LogP contribution is -2.06. The number of aryl methyl sites for hydroxylation is 1. The van der Waals surface area contributed by atoms with Crippen molar-refractivity contribution in [1.29, 1.82) is 0 Å². The van der Waals surface area contributed by atoms with Gasteiger partial charge >= 0.3 is 0 Å². The van der Waals surface area contributed by atoms with E-state index >= 15 is 0 Å². The predicted octanol–water partition coefficient (Wildman–Crippen LogP) is 2.91. The highest BCUT2D eigenvalue weighted by molar-refractivity contribution is 5.81. The molecule has 0 aliphatic heterocycles. The van der Waals surface area contributed by atoms with Crippen molar-refractivity contribution in [2.75, 3.05) is 7.11 Å². The first-order valence-corrected chi connectivity index (χ1v) is 6.44. The molecule has 4 heteroatoms. The van der Waals surface area contributed by atoms with Crippen molar-refractivity contribution in [2.45, 2.75) is 20.0 Å². The number of hydrogen-bond donors (Lipinski definition) is 0. The molecule has 0 aliphatic rings. The molecule has 2 heterocycles. The standard InChI is InChI=1S/C15H17N3O/c1-3-17-9-7-16-15(17)11-18-8-6-12-10-13(19-2)4-5-14(12)18/h4-10H,3,11H2,1-2H3. The van der Waals surface area contributed by atoms with Crippen LogP contribution in [0.3, 0.4) is 0 Å². The largest absolute Gasteiger partial charge is 0.497 e. The van der Waals surface area contributed by atoms with Gasteiger partial charge in [0.05, 0.1) is 13.7 Å². The zero-order valence-corrected chi connectivity index (χ0v) is 11.2. The number of methoxy groups -OCH3 is 1. The van der Waals surface area contributed by atoms with Gasteiger partial charge in [0.1, 0.15) is 11.6 Å². The van der Waals surface area contributed by atoms with Crippen LogP contribution in [0, 0.1) is 0 Å². The SMILES string of the molecule is CCn1ccnc1Cn1ccc2cc(OC)ccc21. The van der Waals surface area contributed by atoms with Crippen LogP contribution >= 0.6 is 0 Å². The summed E-state index contributed by atoms with van der Waals surface area (Å²) >= 11 is 0. The van der Waals surface area contributed by atoms with E-state index in [-0.39, 0.29) is 0 Å². The number of fused-ring (bicyclic) bond motifs is 1. The maximum absolute atomic E-state index is 5.25. The first-order valence-electron chi connectivity index (χ1n) is 6.44. The van der Waals surface area contributed by atoms with E-state index in [1.165, 1.54) is 10.9 Å². The number of ether oxygens (including phenoxy) is 1. The molecular formula is C15H17N3O. The second-order valence-electron chi connectivity index (χ2n) is 4.50. The van der Waals surface area contributed by atoms with Crippen LogP contribution in [-0.4, -0.2) is 21.2 Å². The van der Waals surface area contributed by atoms with E-state index in [0.29, 0.717) is 0 Å². The third-order valence-corrected chi connectivity index (χ3v) is 3.43. The smallest absolute Gasteiger partial charge is 0.128 e. The summed E-state index contributed by atoms with van der Waals surface area (Å²) < 4.78 is 9.62. The Balaban J connectivity index is 1.97. The van der Waals surface area contributed by atoms with Gasteiger partial charge in [0, 0.05) is 36.0 Å². The normalized spacial score (nSPS) is 11.1. The summed E-state index contributed by atoms with van der Waals surface area (Å²) in [4.78, 5) is 4.42. The zero-order valence-electron chi connectivity index (χ0n) is 11.2. The Morgan fingerprint density at radius 1 is 1.16 bits per heavy atom. The van der Waals surface area contributed by atoms with E-state index in [4.69, 9.17) is 4.74 Å². The molecule has 19 heavy (non-hydrogen) atoms. The van der Waals surface area contributed by atoms with Crippen LogP contribution in [0.25, 0.3) is 10.9 Å². The Bertz CT molecular complexity index is 696. The van der Waals surface area contributed by atoms with Crippen molar-refractivity contribution < 1.29 is 4.74 Å². The molecule has 0 atom stereocenters. The number of benzene rings is 1. The van der Waals surface area contributed by atoms with Gasteiger partial charge in [-0.2, -0.15) is 0 Å². The van der Waals surface area contributed by atoms with E-state index in [0.717, 1.165) is 24.7 Å². The molecule has 98 valence electrons. The Morgan fingerprint density at radius 2 is 2.05 bits per heavy atom. The van der Waals surface area contributed by atoms with E-state index in [1.54, 1.807) is 7.11 Å². The van der Waals surface area contributed by atoms with E-state index in [1.807, 2.05) is 18.5 Å². The topological polar surface area (TPSA) is 32.0 Å². The third kappa shape index (κ3) is 2.10. The van der Waals surface area contributed by atoms with Crippen molar-refractivity contribution in [3.63, 3.8) is 0 Å². The van der Waals surface area contributed by atoms with Gasteiger partial charge in [-0.3, -0.25) is 0 Å². The summed E-state index contributed by atoms with van der Waals surface area (Å²) in [6.45, 7) is 3.86. The average molecular weight is 255 g/mol. The third-order valence-electron chi connectivity index (χ3n) is 3.43. The highest BCUT2D eigenvalue weighted by atomic mass is 16.5. The summed E-state index contributed by atoms with van der Waals surface area (Å²) in [5, 5.41) is 1.19. The maximum atomic E-state index is 5.25. The minimum Gasteiger partial charge on any atom is -0.497 e. The summed E-state index contributed by atoms with van der Waals surface area (Å²) in [7, 11) is 1.69. The van der Waals surface area contributed by atoms with Crippen LogP contribution in [0.2, 0.25) is 0 Å². The van der Waals surface area contributed by atoms with E-state index in [9.17, 15) is 0 Å². The van der Waals surface area contributed by atoms with Gasteiger partial charge in [-0.05, 0) is 31.2 Å². The quantitative estimate of drug-likeness (QED) is 0.718. The Kier molecular flexibility index (Phi) is 2.99. The van der Waals surface area contributed by atoms with Crippen LogP contribution in [0.15, 0.2) is 42.9 Å². The maximum Gasteiger partial charge on any atom is 0.128 e. The number of nitrogens with zero attached hydrogens (tertiary/aromatic N) is 3. The van der Waals surface area contributed by atoms with Gasteiger partial charge in [-0.15, -0.1) is 0 Å². The predicted molar refractivity (Wildman–Crippen MR) is 75.5 cm³/mol. The monoisotopic (exact) mass is 255 g/mol. The molecule has 0 aliphatic carbocycles. The molecule has 0 fully saturated rings. The molecule has 0 spiro atoms. The van der Waals surface area contributed by atoms with Crippen molar-refractivity contribution in [1.82, 2.24) is 14.1 Å². The summed E-state index contributed by atoms with van der Waals surface area (Å²) in [6.07, 6.45) is 5.97.